The lowest BCUT2D eigenvalue weighted by atomic mass is 10.0. The van der Waals surface area contributed by atoms with Crippen molar-refractivity contribution in [3.05, 3.63) is 22.2 Å². The molecule has 1 saturated heterocycles. The smallest absolute Gasteiger partial charge is 0.175 e. The third kappa shape index (κ3) is 1.72. The molecule has 1 heterocycles. The van der Waals surface area contributed by atoms with Crippen molar-refractivity contribution in [2.45, 2.75) is 12.5 Å². The molecule has 0 aliphatic carbocycles. The molecule has 15 heavy (non-hydrogen) atoms. The van der Waals surface area contributed by atoms with Crippen molar-refractivity contribution < 1.29 is 14.2 Å². The summed E-state index contributed by atoms with van der Waals surface area (Å²) in [4.78, 5) is 0. The predicted molar refractivity (Wildman–Crippen MR) is 60.6 cm³/mol. The van der Waals surface area contributed by atoms with Gasteiger partial charge < -0.3 is 14.2 Å². The summed E-state index contributed by atoms with van der Waals surface area (Å²) in [5.74, 6) is 1.43. The van der Waals surface area contributed by atoms with Crippen molar-refractivity contribution in [2.75, 3.05) is 20.8 Å². The Balaban J connectivity index is 2.51. The van der Waals surface area contributed by atoms with Crippen molar-refractivity contribution in [1.82, 2.24) is 0 Å². The van der Waals surface area contributed by atoms with E-state index in [0.717, 1.165) is 22.4 Å². The summed E-state index contributed by atoms with van der Waals surface area (Å²) in [6, 6.07) is 3.89. The molecule has 0 N–H and O–H groups in total. The molecule has 82 valence electrons. The second-order valence-electron chi connectivity index (χ2n) is 3.68. The van der Waals surface area contributed by atoms with E-state index in [-0.39, 0.29) is 5.60 Å². The summed E-state index contributed by atoms with van der Waals surface area (Å²) >= 11 is 3.52. The van der Waals surface area contributed by atoms with E-state index in [2.05, 4.69) is 22.9 Å². The Kier molecular flexibility index (Phi) is 2.64. The van der Waals surface area contributed by atoms with Crippen LogP contribution in [0.2, 0.25) is 0 Å². The van der Waals surface area contributed by atoms with Gasteiger partial charge in [-0.3, -0.25) is 0 Å². The van der Waals surface area contributed by atoms with Crippen molar-refractivity contribution in [3.63, 3.8) is 0 Å². The lowest BCUT2D eigenvalue weighted by molar-refractivity contribution is 0.322. The van der Waals surface area contributed by atoms with Gasteiger partial charge in [-0.2, -0.15) is 0 Å². The van der Waals surface area contributed by atoms with Gasteiger partial charge >= 0.3 is 0 Å². The summed E-state index contributed by atoms with van der Waals surface area (Å²) in [6.45, 7) is 2.81. The number of benzene rings is 1. The first-order valence-electron chi connectivity index (χ1n) is 4.67. The molecule has 1 aromatic rings. The standard InChI is InChI=1S/C11H13BrO3/c1-11(6-15-11)7-4-5-8(13-2)10(14-3)9(7)12/h4-5H,6H2,1-3H3. The van der Waals surface area contributed by atoms with Crippen LogP contribution in [0.1, 0.15) is 12.5 Å². The average Bonchev–Trinajstić information content (AvgIpc) is 2.96. The van der Waals surface area contributed by atoms with Crippen molar-refractivity contribution in [1.29, 1.82) is 0 Å². The van der Waals surface area contributed by atoms with Crippen LogP contribution < -0.4 is 9.47 Å². The Labute approximate surface area is 97.5 Å². The van der Waals surface area contributed by atoms with Crippen LogP contribution in [0.15, 0.2) is 16.6 Å². The van der Waals surface area contributed by atoms with Crippen LogP contribution >= 0.6 is 15.9 Å². The van der Waals surface area contributed by atoms with E-state index in [4.69, 9.17) is 14.2 Å². The molecule has 0 spiro atoms. The Hall–Kier alpha value is -0.740. The van der Waals surface area contributed by atoms with E-state index in [1.54, 1.807) is 14.2 Å². The number of methoxy groups -OCH3 is 2. The van der Waals surface area contributed by atoms with Crippen LogP contribution in [0.5, 0.6) is 11.5 Å². The third-order valence-electron chi connectivity index (χ3n) is 2.63. The van der Waals surface area contributed by atoms with Crippen LogP contribution in [0.4, 0.5) is 0 Å². The van der Waals surface area contributed by atoms with Crippen molar-refractivity contribution in [2.24, 2.45) is 0 Å². The van der Waals surface area contributed by atoms with Gasteiger partial charge in [0.15, 0.2) is 11.5 Å². The Morgan fingerprint density at radius 2 is 2.00 bits per heavy atom. The van der Waals surface area contributed by atoms with Crippen molar-refractivity contribution in [3.8, 4) is 11.5 Å². The zero-order chi connectivity index (χ0) is 11.1. The molecule has 4 heteroatoms. The van der Waals surface area contributed by atoms with Crippen LogP contribution in [0.25, 0.3) is 0 Å². The topological polar surface area (TPSA) is 31.0 Å². The highest BCUT2D eigenvalue weighted by atomic mass is 79.9. The highest BCUT2D eigenvalue weighted by Crippen LogP contribution is 2.47. The number of hydrogen-bond donors (Lipinski definition) is 0. The molecule has 1 fully saturated rings. The lowest BCUT2D eigenvalue weighted by Crippen LogP contribution is -2.05. The normalized spacial score (nSPS) is 23.7. The highest BCUT2D eigenvalue weighted by Gasteiger charge is 2.43. The van der Waals surface area contributed by atoms with E-state index in [0.29, 0.717) is 5.75 Å². The van der Waals surface area contributed by atoms with Gasteiger partial charge in [0.2, 0.25) is 0 Å². The summed E-state index contributed by atoms with van der Waals surface area (Å²) in [7, 11) is 3.25. The quantitative estimate of drug-likeness (QED) is 0.793. The zero-order valence-corrected chi connectivity index (χ0v) is 10.6. The first-order chi connectivity index (χ1) is 7.12. The molecule has 0 amide bonds. The molecule has 0 bridgehead atoms. The predicted octanol–water partition coefficient (Wildman–Crippen LogP) is 2.71. The Bertz CT molecular complexity index is 386. The molecule has 0 saturated carbocycles. The fraction of sp³-hybridized carbons (Fsp3) is 0.455. The number of epoxide rings is 1. The maximum Gasteiger partial charge on any atom is 0.175 e. The minimum atomic E-state index is -0.168. The third-order valence-corrected chi connectivity index (χ3v) is 3.42. The summed E-state index contributed by atoms with van der Waals surface area (Å²) in [5.41, 5.74) is 0.929. The molecule has 1 aliphatic heterocycles. The van der Waals surface area contributed by atoms with Gasteiger partial charge in [-0.15, -0.1) is 0 Å². The molecule has 1 aliphatic rings. The van der Waals surface area contributed by atoms with Crippen LogP contribution in [0, 0.1) is 0 Å². The lowest BCUT2D eigenvalue weighted by Gasteiger charge is -2.14. The molecular weight excluding hydrogens is 260 g/mol. The molecule has 1 atom stereocenters. The minimum absolute atomic E-state index is 0.168. The van der Waals surface area contributed by atoms with E-state index in [1.807, 2.05) is 12.1 Å². The summed E-state index contributed by atoms with van der Waals surface area (Å²) in [5, 5.41) is 0. The molecular formula is C11H13BrO3. The summed E-state index contributed by atoms with van der Waals surface area (Å²) in [6.07, 6.45) is 0. The molecule has 1 aromatic carbocycles. The van der Waals surface area contributed by atoms with Gasteiger partial charge in [0.1, 0.15) is 5.60 Å². The largest absolute Gasteiger partial charge is 0.493 e. The average molecular weight is 273 g/mol. The second-order valence-corrected chi connectivity index (χ2v) is 4.48. The fourth-order valence-electron chi connectivity index (χ4n) is 1.56. The number of rotatable bonds is 3. The Morgan fingerprint density at radius 3 is 2.47 bits per heavy atom. The number of ether oxygens (including phenoxy) is 3. The van der Waals surface area contributed by atoms with Gasteiger partial charge in [-0.1, -0.05) is 6.07 Å². The van der Waals surface area contributed by atoms with Crippen LogP contribution in [-0.4, -0.2) is 20.8 Å². The van der Waals surface area contributed by atoms with Gasteiger partial charge in [-0.05, 0) is 28.9 Å². The van der Waals surface area contributed by atoms with Gasteiger partial charge in [0.25, 0.3) is 0 Å². The van der Waals surface area contributed by atoms with Gasteiger partial charge in [-0.25, -0.2) is 0 Å². The Morgan fingerprint density at radius 1 is 1.33 bits per heavy atom. The zero-order valence-electron chi connectivity index (χ0n) is 8.96. The van der Waals surface area contributed by atoms with Gasteiger partial charge in [0, 0.05) is 5.56 Å². The first kappa shape index (κ1) is 10.8. The maximum absolute atomic E-state index is 5.41. The minimum Gasteiger partial charge on any atom is -0.493 e. The first-order valence-corrected chi connectivity index (χ1v) is 5.46. The van der Waals surface area contributed by atoms with Crippen molar-refractivity contribution >= 4 is 15.9 Å². The highest BCUT2D eigenvalue weighted by molar-refractivity contribution is 9.10. The second kappa shape index (κ2) is 3.68. The summed E-state index contributed by atoms with van der Waals surface area (Å²) < 4.78 is 16.8. The van der Waals surface area contributed by atoms with Crippen LogP contribution in [-0.2, 0) is 10.3 Å². The van der Waals surface area contributed by atoms with Gasteiger partial charge in [0.05, 0.1) is 25.3 Å². The maximum atomic E-state index is 5.41. The van der Waals surface area contributed by atoms with E-state index in [1.165, 1.54) is 0 Å². The van der Waals surface area contributed by atoms with E-state index in [9.17, 15) is 0 Å². The van der Waals surface area contributed by atoms with E-state index < -0.39 is 0 Å². The molecule has 0 radical (unpaired) electrons. The fourth-order valence-corrected chi connectivity index (χ4v) is 2.47. The molecule has 1 unspecified atom stereocenters. The molecule has 3 nitrogen and oxygen atoms in total. The molecule has 2 rings (SSSR count). The SMILES string of the molecule is COc1ccc(C2(C)CO2)c(Br)c1OC. The number of hydrogen-bond acceptors (Lipinski definition) is 3. The number of halogens is 1. The monoisotopic (exact) mass is 272 g/mol. The van der Waals surface area contributed by atoms with Crippen LogP contribution in [0.3, 0.4) is 0 Å². The van der Waals surface area contributed by atoms with E-state index >= 15 is 0 Å². The molecule has 0 aromatic heterocycles.